The van der Waals surface area contributed by atoms with Crippen LogP contribution in [-0.2, 0) is 35.4 Å². The average molecular weight is 471 g/mol. The molecular weight excluding hydrogens is 448 g/mol. The summed E-state index contributed by atoms with van der Waals surface area (Å²) in [5.74, 6) is 0.105. The van der Waals surface area contributed by atoms with E-state index in [0.717, 1.165) is 42.6 Å². The summed E-state index contributed by atoms with van der Waals surface area (Å²) in [6.07, 6.45) is 6.10. The molecule has 4 aromatic heterocycles. The highest BCUT2D eigenvalue weighted by molar-refractivity contribution is 7.98. The minimum absolute atomic E-state index is 0.0408. The van der Waals surface area contributed by atoms with Crippen molar-refractivity contribution in [1.82, 2.24) is 29.0 Å². The zero-order valence-electron chi connectivity index (χ0n) is 18.0. The number of thiazole rings is 1. The van der Waals surface area contributed by atoms with Crippen LogP contribution in [0.2, 0.25) is 0 Å². The number of carbonyl (C=O) groups excluding carboxylic acids is 1. The Balaban J connectivity index is 1.34. The third-order valence-electron chi connectivity index (χ3n) is 5.73. The minimum atomic E-state index is -0.407. The van der Waals surface area contributed by atoms with E-state index >= 15 is 0 Å². The number of hydrogen-bond donors (Lipinski definition) is 0. The molecule has 1 aliphatic rings. The monoisotopic (exact) mass is 470 g/mol. The molecule has 0 fully saturated rings. The largest absolute Gasteiger partial charge is 0.459 e. The van der Waals surface area contributed by atoms with Crippen LogP contribution in [0.1, 0.15) is 46.1 Å². The molecule has 0 saturated carbocycles. The van der Waals surface area contributed by atoms with E-state index in [1.54, 1.807) is 20.3 Å². The second kappa shape index (κ2) is 8.28. The van der Waals surface area contributed by atoms with Gasteiger partial charge in [0, 0.05) is 33.6 Å². The Hall–Kier alpha value is -2.79. The summed E-state index contributed by atoms with van der Waals surface area (Å²) in [4.78, 5) is 40.6. The Kier molecular flexibility index (Phi) is 5.46. The number of esters is 1. The van der Waals surface area contributed by atoms with Crippen molar-refractivity contribution in [3.8, 4) is 0 Å². The molecule has 0 aliphatic heterocycles. The maximum Gasteiger partial charge on any atom is 0.310 e. The van der Waals surface area contributed by atoms with Gasteiger partial charge in [-0.1, -0.05) is 11.8 Å². The lowest BCUT2D eigenvalue weighted by molar-refractivity contribution is -0.144. The van der Waals surface area contributed by atoms with E-state index in [1.807, 2.05) is 20.1 Å². The van der Waals surface area contributed by atoms with Crippen molar-refractivity contribution in [2.45, 2.75) is 57.7 Å². The molecule has 4 heterocycles. The van der Waals surface area contributed by atoms with Crippen LogP contribution in [0.4, 0.5) is 0 Å². The molecule has 166 valence electrons. The number of nitrogens with zero attached hydrogens (tertiary/aromatic N) is 6. The van der Waals surface area contributed by atoms with E-state index in [4.69, 9.17) is 4.74 Å². The maximum absolute atomic E-state index is 12.7. The van der Waals surface area contributed by atoms with Gasteiger partial charge in [0.15, 0.2) is 4.96 Å². The molecule has 1 aliphatic carbocycles. The topological polar surface area (TPSA) is 104 Å². The van der Waals surface area contributed by atoms with Gasteiger partial charge in [0.1, 0.15) is 6.61 Å². The molecule has 11 heteroatoms. The van der Waals surface area contributed by atoms with E-state index in [-0.39, 0.29) is 18.6 Å². The Morgan fingerprint density at radius 3 is 2.84 bits per heavy atom. The lowest BCUT2D eigenvalue weighted by atomic mass is 10.0. The molecule has 0 N–H and O–H groups in total. The summed E-state index contributed by atoms with van der Waals surface area (Å²) in [5, 5.41) is 5.04. The van der Waals surface area contributed by atoms with Crippen LogP contribution in [0.15, 0.2) is 16.0 Å². The molecule has 32 heavy (non-hydrogen) atoms. The fourth-order valence-electron chi connectivity index (χ4n) is 4.10. The van der Waals surface area contributed by atoms with Gasteiger partial charge < -0.3 is 4.74 Å². The normalized spacial score (nSPS) is 13.6. The predicted octanol–water partition coefficient (Wildman–Crippen LogP) is 2.70. The van der Waals surface area contributed by atoms with Crippen molar-refractivity contribution in [3.05, 3.63) is 49.6 Å². The van der Waals surface area contributed by atoms with E-state index in [1.165, 1.54) is 22.7 Å². The first-order chi connectivity index (χ1) is 15.4. The third kappa shape index (κ3) is 3.69. The Morgan fingerprint density at radius 1 is 1.22 bits per heavy atom. The lowest BCUT2D eigenvalue weighted by Gasteiger charge is -2.11. The molecule has 9 nitrogen and oxygen atoms in total. The molecule has 5 rings (SSSR count). The standard InChI is InChI=1S/C21H22N6O3S2/c1-11-14(12(2)27-19(22-11)24-20(25-27)31-3)9-18(29)30-10-13-8-17(28)26-15-6-4-5-7-16(15)32-21(26)23-13/h8H,4-7,9-10H2,1-3H3. The highest BCUT2D eigenvalue weighted by Crippen LogP contribution is 2.28. The molecule has 0 aromatic carbocycles. The van der Waals surface area contributed by atoms with Crippen LogP contribution in [0.3, 0.4) is 0 Å². The van der Waals surface area contributed by atoms with E-state index in [2.05, 4.69) is 20.1 Å². The average Bonchev–Trinajstić information content (AvgIpc) is 3.36. The van der Waals surface area contributed by atoms with E-state index in [0.29, 0.717) is 27.3 Å². The van der Waals surface area contributed by atoms with Gasteiger partial charge in [-0.05, 0) is 45.8 Å². The van der Waals surface area contributed by atoms with Crippen molar-refractivity contribution >= 4 is 39.8 Å². The Labute approximate surface area is 191 Å². The molecule has 0 radical (unpaired) electrons. The number of ether oxygens (including phenoxy) is 1. The first kappa shape index (κ1) is 21.1. The summed E-state index contributed by atoms with van der Waals surface area (Å²) in [6.45, 7) is 3.69. The SMILES string of the molecule is CSc1nc2nc(C)c(CC(=O)OCc3cc(=O)n4c5c(sc4n3)CCCC5)c(C)n2n1. The number of rotatable bonds is 5. The van der Waals surface area contributed by atoms with Crippen LogP contribution in [0.25, 0.3) is 10.7 Å². The summed E-state index contributed by atoms with van der Waals surface area (Å²) in [6, 6.07) is 1.46. The molecule has 0 unspecified atom stereocenters. The van der Waals surface area contributed by atoms with Crippen LogP contribution in [-0.4, -0.2) is 41.2 Å². The molecule has 0 saturated heterocycles. The Morgan fingerprint density at radius 2 is 2.03 bits per heavy atom. The number of aromatic nitrogens is 6. The number of thioether (sulfide) groups is 1. The van der Waals surface area contributed by atoms with Crippen molar-refractivity contribution in [2.75, 3.05) is 6.26 Å². The van der Waals surface area contributed by atoms with Crippen molar-refractivity contribution < 1.29 is 9.53 Å². The number of aryl methyl sites for hydroxylation is 4. The first-order valence-corrected chi connectivity index (χ1v) is 12.4. The van der Waals surface area contributed by atoms with E-state index < -0.39 is 5.97 Å². The van der Waals surface area contributed by atoms with Crippen LogP contribution < -0.4 is 5.56 Å². The van der Waals surface area contributed by atoms with Crippen LogP contribution in [0, 0.1) is 13.8 Å². The smallest absolute Gasteiger partial charge is 0.310 e. The first-order valence-electron chi connectivity index (χ1n) is 10.4. The second-order valence-corrected chi connectivity index (χ2v) is 9.63. The fraction of sp³-hybridized carbons (Fsp3) is 0.429. The summed E-state index contributed by atoms with van der Waals surface area (Å²) in [7, 11) is 0. The van der Waals surface area contributed by atoms with Crippen LogP contribution >= 0.6 is 23.1 Å². The molecule has 0 amide bonds. The highest BCUT2D eigenvalue weighted by atomic mass is 32.2. The van der Waals surface area contributed by atoms with Gasteiger partial charge in [-0.25, -0.2) is 14.5 Å². The molecule has 0 spiro atoms. The van der Waals surface area contributed by atoms with Gasteiger partial charge in [-0.15, -0.1) is 16.4 Å². The van der Waals surface area contributed by atoms with E-state index in [9.17, 15) is 9.59 Å². The lowest BCUT2D eigenvalue weighted by Crippen LogP contribution is -2.19. The van der Waals surface area contributed by atoms with Gasteiger partial charge in [0.2, 0.25) is 5.16 Å². The Bertz CT molecular complexity index is 1420. The molecule has 0 bridgehead atoms. The molecule has 0 atom stereocenters. The zero-order valence-corrected chi connectivity index (χ0v) is 19.7. The van der Waals surface area contributed by atoms with Gasteiger partial charge in [0.05, 0.1) is 12.1 Å². The minimum Gasteiger partial charge on any atom is -0.459 e. The fourth-order valence-corrected chi connectivity index (χ4v) is 5.67. The second-order valence-electron chi connectivity index (χ2n) is 7.79. The van der Waals surface area contributed by atoms with Crippen LogP contribution in [0.5, 0.6) is 0 Å². The maximum atomic E-state index is 12.7. The predicted molar refractivity (Wildman–Crippen MR) is 122 cm³/mol. The van der Waals surface area contributed by atoms with Gasteiger partial charge in [0.25, 0.3) is 11.3 Å². The van der Waals surface area contributed by atoms with Crippen molar-refractivity contribution in [1.29, 1.82) is 0 Å². The number of fused-ring (bicyclic) bond motifs is 4. The molecular formula is C21H22N6O3S2. The summed E-state index contributed by atoms with van der Waals surface area (Å²) >= 11 is 3.00. The number of hydrogen-bond acceptors (Lipinski definition) is 9. The highest BCUT2D eigenvalue weighted by Gasteiger charge is 2.20. The number of carbonyl (C=O) groups is 1. The van der Waals surface area contributed by atoms with Gasteiger partial charge in [-0.3, -0.25) is 14.0 Å². The van der Waals surface area contributed by atoms with Gasteiger partial charge >= 0.3 is 5.97 Å². The molecule has 4 aromatic rings. The zero-order chi connectivity index (χ0) is 22.4. The van der Waals surface area contributed by atoms with Gasteiger partial charge in [-0.2, -0.15) is 4.98 Å². The summed E-state index contributed by atoms with van der Waals surface area (Å²) < 4.78 is 8.82. The van der Waals surface area contributed by atoms with Crippen molar-refractivity contribution in [2.24, 2.45) is 0 Å². The quantitative estimate of drug-likeness (QED) is 0.324. The third-order valence-corrected chi connectivity index (χ3v) is 7.41. The summed E-state index contributed by atoms with van der Waals surface area (Å²) in [5.41, 5.74) is 3.72. The van der Waals surface area contributed by atoms with Crippen molar-refractivity contribution in [3.63, 3.8) is 0 Å².